The average molecular weight is 216 g/mol. The molecule has 0 spiro atoms. The Hall–Kier alpha value is -1.77. The van der Waals surface area contributed by atoms with E-state index in [0.29, 0.717) is 17.9 Å². The lowest BCUT2D eigenvalue weighted by atomic mass is 10.1. The number of rotatable bonds is 2. The van der Waals surface area contributed by atoms with Gasteiger partial charge in [0.1, 0.15) is 5.82 Å². The van der Waals surface area contributed by atoms with Crippen LogP contribution >= 0.6 is 0 Å². The molecule has 1 heterocycles. The first-order chi connectivity index (χ1) is 7.69. The van der Waals surface area contributed by atoms with Crippen LogP contribution in [0.5, 0.6) is 0 Å². The van der Waals surface area contributed by atoms with Gasteiger partial charge in [-0.05, 0) is 6.92 Å². The van der Waals surface area contributed by atoms with Crippen molar-refractivity contribution in [2.75, 3.05) is 0 Å². The number of aromatic nitrogens is 2. The maximum absolute atomic E-state index is 13.2. The molecule has 0 amide bonds. The number of nitrogens with zero attached hydrogens (tertiary/aromatic N) is 2. The van der Waals surface area contributed by atoms with Crippen molar-refractivity contribution in [2.45, 2.75) is 20.3 Å². The smallest absolute Gasteiger partial charge is 0.216 e. The molecule has 0 aliphatic heterocycles. The van der Waals surface area contributed by atoms with Crippen molar-refractivity contribution in [1.82, 2.24) is 9.97 Å². The van der Waals surface area contributed by atoms with E-state index >= 15 is 0 Å². The maximum atomic E-state index is 13.2. The molecule has 0 saturated carbocycles. The standard InChI is InChI=1S/C13H13FN2/c1-3-13-15-11(8-12(14)16-13)10-6-4-9(2)5-7-10/h4-8H,3H2,1-2H3. The SMILES string of the molecule is CCc1nc(F)cc(-c2ccc(C)cc2)n1. The Morgan fingerprint density at radius 1 is 1.12 bits per heavy atom. The second-order valence-electron chi connectivity index (χ2n) is 3.71. The lowest BCUT2D eigenvalue weighted by Gasteiger charge is -2.03. The van der Waals surface area contributed by atoms with Crippen molar-refractivity contribution < 1.29 is 4.39 Å². The van der Waals surface area contributed by atoms with Crippen molar-refractivity contribution in [3.8, 4) is 11.3 Å². The lowest BCUT2D eigenvalue weighted by molar-refractivity contribution is 0.571. The molecule has 0 bridgehead atoms. The summed E-state index contributed by atoms with van der Waals surface area (Å²) in [6, 6.07) is 9.22. The van der Waals surface area contributed by atoms with Crippen LogP contribution < -0.4 is 0 Å². The minimum absolute atomic E-state index is 0.470. The third-order valence-corrected chi connectivity index (χ3v) is 2.40. The maximum Gasteiger partial charge on any atom is 0.216 e. The van der Waals surface area contributed by atoms with Crippen LogP contribution in [0.1, 0.15) is 18.3 Å². The molecule has 2 aromatic rings. The summed E-state index contributed by atoms with van der Waals surface area (Å²) in [5.74, 6) is 0.0676. The normalized spacial score (nSPS) is 10.4. The van der Waals surface area contributed by atoms with E-state index in [9.17, 15) is 4.39 Å². The summed E-state index contributed by atoms with van der Waals surface area (Å²) in [5.41, 5.74) is 2.74. The van der Waals surface area contributed by atoms with E-state index in [4.69, 9.17) is 0 Å². The summed E-state index contributed by atoms with van der Waals surface area (Å²) >= 11 is 0. The Bertz CT molecular complexity index is 492. The van der Waals surface area contributed by atoms with Crippen LogP contribution in [-0.4, -0.2) is 9.97 Å². The molecule has 0 unspecified atom stereocenters. The first kappa shape index (κ1) is 10.7. The van der Waals surface area contributed by atoms with Gasteiger partial charge in [0.25, 0.3) is 0 Å². The predicted octanol–water partition coefficient (Wildman–Crippen LogP) is 3.15. The van der Waals surface area contributed by atoms with E-state index < -0.39 is 5.95 Å². The van der Waals surface area contributed by atoms with E-state index in [0.717, 1.165) is 5.56 Å². The van der Waals surface area contributed by atoms with E-state index in [1.54, 1.807) is 0 Å². The number of halogens is 1. The van der Waals surface area contributed by atoms with Crippen molar-refractivity contribution in [1.29, 1.82) is 0 Å². The summed E-state index contributed by atoms with van der Waals surface area (Å²) in [4.78, 5) is 8.02. The van der Waals surface area contributed by atoms with Crippen LogP contribution in [0, 0.1) is 12.9 Å². The van der Waals surface area contributed by atoms with Crippen LogP contribution in [-0.2, 0) is 6.42 Å². The molecule has 0 atom stereocenters. The van der Waals surface area contributed by atoms with E-state index in [-0.39, 0.29) is 0 Å². The van der Waals surface area contributed by atoms with Gasteiger partial charge in [-0.15, -0.1) is 0 Å². The first-order valence-electron chi connectivity index (χ1n) is 5.29. The van der Waals surface area contributed by atoms with Gasteiger partial charge in [0.2, 0.25) is 5.95 Å². The third-order valence-electron chi connectivity index (χ3n) is 2.40. The molecule has 0 N–H and O–H groups in total. The van der Waals surface area contributed by atoms with E-state index in [1.807, 2.05) is 38.1 Å². The second kappa shape index (κ2) is 4.39. The molecule has 2 rings (SSSR count). The Labute approximate surface area is 94.2 Å². The minimum atomic E-state index is -0.470. The Balaban J connectivity index is 2.47. The van der Waals surface area contributed by atoms with Crippen LogP contribution in [0.3, 0.4) is 0 Å². The van der Waals surface area contributed by atoms with Gasteiger partial charge < -0.3 is 0 Å². The zero-order valence-corrected chi connectivity index (χ0v) is 9.37. The second-order valence-corrected chi connectivity index (χ2v) is 3.71. The van der Waals surface area contributed by atoms with E-state index in [2.05, 4.69) is 9.97 Å². The number of hydrogen-bond acceptors (Lipinski definition) is 2. The molecule has 0 aliphatic carbocycles. The Morgan fingerprint density at radius 2 is 1.81 bits per heavy atom. The zero-order valence-electron chi connectivity index (χ0n) is 9.37. The molecule has 1 aromatic heterocycles. The fourth-order valence-corrected chi connectivity index (χ4v) is 1.50. The van der Waals surface area contributed by atoms with Crippen LogP contribution in [0.2, 0.25) is 0 Å². The van der Waals surface area contributed by atoms with Crippen LogP contribution in [0.4, 0.5) is 4.39 Å². The van der Waals surface area contributed by atoms with Crippen LogP contribution in [0.15, 0.2) is 30.3 Å². The largest absolute Gasteiger partial charge is 0.233 e. The highest BCUT2D eigenvalue weighted by atomic mass is 19.1. The fourth-order valence-electron chi connectivity index (χ4n) is 1.50. The summed E-state index contributed by atoms with van der Waals surface area (Å²) in [6.45, 7) is 3.93. The predicted molar refractivity (Wildman–Crippen MR) is 61.5 cm³/mol. The molecule has 0 saturated heterocycles. The summed E-state index contributed by atoms with van der Waals surface area (Å²) in [7, 11) is 0. The van der Waals surface area contributed by atoms with Crippen LogP contribution in [0.25, 0.3) is 11.3 Å². The third kappa shape index (κ3) is 2.24. The summed E-state index contributed by atoms with van der Waals surface area (Å²) < 4.78 is 13.2. The highest BCUT2D eigenvalue weighted by Gasteiger charge is 2.04. The molecule has 1 aromatic carbocycles. The lowest BCUT2D eigenvalue weighted by Crippen LogP contribution is -1.98. The molecular weight excluding hydrogens is 203 g/mol. The molecule has 16 heavy (non-hydrogen) atoms. The van der Waals surface area contributed by atoms with Gasteiger partial charge in [-0.2, -0.15) is 4.39 Å². The van der Waals surface area contributed by atoms with Crippen molar-refractivity contribution in [3.63, 3.8) is 0 Å². The minimum Gasteiger partial charge on any atom is -0.233 e. The van der Waals surface area contributed by atoms with Gasteiger partial charge in [0.15, 0.2) is 0 Å². The molecule has 2 nitrogen and oxygen atoms in total. The number of hydrogen-bond donors (Lipinski definition) is 0. The van der Waals surface area contributed by atoms with Gasteiger partial charge in [-0.1, -0.05) is 36.8 Å². The Morgan fingerprint density at radius 3 is 2.44 bits per heavy atom. The monoisotopic (exact) mass is 216 g/mol. The molecule has 0 radical (unpaired) electrons. The number of aryl methyl sites for hydroxylation is 2. The van der Waals surface area contributed by atoms with Gasteiger partial charge in [0, 0.05) is 18.1 Å². The average Bonchev–Trinajstić information content (AvgIpc) is 2.29. The fraction of sp³-hybridized carbons (Fsp3) is 0.231. The molecule has 82 valence electrons. The number of benzene rings is 1. The topological polar surface area (TPSA) is 25.8 Å². The van der Waals surface area contributed by atoms with Gasteiger partial charge in [-0.25, -0.2) is 9.97 Å². The van der Waals surface area contributed by atoms with Gasteiger partial charge in [-0.3, -0.25) is 0 Å². The summed E-state index contributed by atoms with van der Waals surface area (Å²) in [6.07, 6.45) is 0.636. The Kier molecular flexibility index (Phi) is 2.95. The molecule has 3 heteroatoms. The van der Waals surface area contributed by atoms with Crippen molar-refractivity contribution in [3.05, 3.63) is 47.7 Å². The molecule has 0 aliphatic rings. The highest BCUT2D eigenvalue weighted by Crippen LogP contribution is 2.18. The quantitative estimate of drug-likeness (QED) is 0.721. The van der Waals surface area contributed by atoms with Gasteiger partial charge in [0.05, 0.1) is 5.69 Å². The molecule has 0 fully saturated rings. The summed E-state index contributed by atoms with van der Waals surface area (Å²) in [5, 5.41) is 0. The first-order valence-corrected chi connectivity index (χ1v) is 5.29. The van der Waals surface area contributed by atoms with E-state index in [1.165, 1.54) is 11.6 Å². The highest BCUT2D eigenvalue weighted by molar-refractivity contribution is 5.59. The van der Waals surface area contributed by atoms with Gasteiger partial charge >= 0.3 is 0 Å². The zero-order chi connectivity index (χ0) is 11.5. The van der Waals surface area contributed by atoms with Crippen molar-refractivity contribution >= 4 is 0 Å². The molecular formula is C13H13FN2. The van der Waals surface area contributed by atoms with Crippen molar-refractivity contribution in [2.24, 2.45) is 0 Å².